The zero-order valence-corrected chi connectivity index (χ0v) is 8.23. The quantitative estimate of drug-likeness (QED) is 0.830. The van der Waals surface area contributed by atoms with E-state index >= 15 is 0 Å². The van der Waals surface area contributed by atoms with E-state index in [1.165, 1.54) is 0 Å². The van der Waals surface area contributed by atoms with E-state index in [0.717, 1.165) is 0 Å². The van der Waals surface area contributed by atoms with E-state index in [1.807, 2.05) is 0 Å². The number of hydrogen-bond donors (Lipinski definition) is 1. The molecular weight excluding hydrogens is 223 g/mol. The van der Waals surface area contributed by atoms with Gasteiger partial charge >= 0.3 is 0 Å². The summed E-state index contributed by atoms with van der Waals surface area (Å²) >= 11 is 3.07. The number of rotatable bonds is 2. The molecule has 0 heterocycles. The van der Waals surface area contributed by atoms with Gasteiger partial charge in [0, 0.05) is 5.92 Å². The van der Waals surface area contributed by atoms with Crippen LogP contribution in [0.1, 0.15) is 12.5 Å². The van der Waals surface area contributed by atoms with E-state index in [9.17, 15) is 4.39 Å². The Morgan fingerprint density at radius 3 is 2.83 bits per heavy atom. The highest BCUT2D eigenvalue weighted by Crippen LogP contribution is 2.23. The Hall–Kier alpha value is -0.410. The predicted octanol–water partition coefficient (Wildman–Crippen LogP) is 2.52. The lowest BCUT2D eigenvalue weighted by Crippen LogP contribution is -2.03. The first kappa shape index (κ1) is 9.68. The smallest absolute Gasteiger partial charge is 0.141 e. The molecule has 12 heavy (non-hydrogen) atoms. The highest BCUT2D eigenvalue weighted by molar-refractivity contribution is 9.10. The summed E-state index contributed by atoms with van der Waals surface area (Å²) in [6.07, 6.45) is 0. The summed E-state index contributed by atoms with van der Waals surface area (Å²) in [6.45, 7) is 1.58. The normalized spacial score (nSPS) is 10.8. The molecule has 1 radical (unpaired) electrons. The molecule has 0 aliphatic rings. The molecule has 0 atom stereocenters. The lowest BCUT2D eigenvalue weighted by molar-refractivity contribution is 0.313. The average molecular weight is 232 g/mol. The highest BCUT2D eigenvalue weighted by atomic mass is 79.9. The molecule has 0 fully saturated rings. The van der Waals surface area contributed by atoms with Crippen LogP contribution in [0.15, 0.2) is 22.7 Å². The molecule has 0 amide bonds. The second kappa shape index (κ2) is 4.01. The van der Waals surface area contributed by atoms with Gasteiger partial charge in [-0.05, 0) is 27.6 Å². The molecule has 0 unspecified atom stereocenters. The minimum absolute atomic E-state index is 0.118. The van der Waals surface area contributed by atoms with Gasteiger partial charge in [-0.1, -0.05) is 19.1 Å². The fraction of sp³-hybridized carbons (Fsp3) is 0.222. The Bertz CT molecular complexity index is 275. The zero-order chi connectivity index (χ0) is 9.14. The third kappa shape index (κ3) is 1.84. The Balaban J connectivity index is 3.07. The van der Waals surface area contributed by atoms with Crippen LogP contribution in [0.2, 0.25) is 0 Å². The van der Waals surface area contributed by atoms with Crippen molar-refractivity contribution in [1.82, 2.24) is 0 Å². The molecule has 1 nitrogen and oxygen atoms in total. The molecule has 0 aromatic heterocycles. The fourth-order valence-corrected chi connectivity index (χ4v) is 1.28. The Labute approximate surface area is 79.4 Å². The SMILES string of the molecule is C[C](CO)c1cccc(Br)c1F. The molecule has 0 aliphatic carbocycles. The molecule has 0 aliphatic heterocycles. The third-order valence-corrected chi connectivity index (χ3v) is 2.26. The van der Waals surface area contributed by atoms with Gasteiger partial charge < -0.3 is 5.11 Å². The van der Waals surface area contributed by atoms with Crippen LogP contribution in [0.3, 0.4) is 0 Å². The van der Waals surface area contributed by atoms with Gasteiger partial charge in [-0.2, -0.15) is 0 Å². The first-order valence-electron chi connectivity index (χ1n) is 3.54. The number of aliphatic hydroxyl groups is 1. The summed E-state index contributed by atoms with van der Waals surface area (Å²) in [5.74, 6) is 0.317. The molecule has 0 saturated carbocycles. The molecule has 65 valence electrons. The van der Waals surface area contributed by atoms with Crippen LogP contribution in [0.4, 0.5) is 4.39 Å². The lowest BCUT2D eigenvalue weighted by Gasteiger charge is -2.08. The molecule has 3 heteroatoms. The maximum absolute atomic E-state index is 13.3. The van der Waals surface area contributed by atoms with Crippen LogP contribution in [-0.2, 0) is 0 Å². The first-order chi connectivity index (χ1) is 5.66. The van der Waals surface area contributed by atoms with Crippen LogP contribution in [0.5, 0.6) is 0 Å². The molecule has 1 rings (SSSR count). The standard InChI is InChI=1S/C9H9BrFO/c1-6(5-12)7-3-2-4-8(10)9(7)11/h2-4,12H,5H2,1H3. The van der Waals surface area contributed by atoms with Crippen molar-refractivity contribution in [2.24, 2.45) is 0 Å². The van der Waals surface area contributed by atoms with Crippen molar-refractivity contribution >= 4 is 15.9 Å². The van der Waals surface area contributed by atoms with Crippen molar-refractivity contribution < 1.29 is 9.50 Å². The summed E-state index contributed by atoms with van der Waals surface area (Å²) in [7, 11) is 0. The summed E-state index contributed by atoms with van der Waals surface area (Å²) in [5.41, 5.74) is 0.465. The predicted molar refractivity (Wildman–Crippen MR) is 49.2 cm³/mol. The zero-order valence-electron chi connectivity index (χ0n) is 6.64. The molecule has 1 N–H and O–H groups in total. The van der Waals surface area contributed by atoms with E-state index in [4.69, 9.17) is 5.11 Å². The van der Waals surface area contributed by atoms with Crippen LogP contribution in [0.25, 0.3) is 0 Å². The van der Waals surface area contributed by atoms with E-state index in [0.29, 0.717) is 16.0 Å². The van der Waals surface area contributed by atoms with Crippen molar-refractivity contribution in [1.29, 1.82) is 0 Å². The van der Waals surface area contributed by atoms with Gasteiger partial charge in [0.15, 0.2) is 0 Å². The summed E-state index contributed by atoms with van der Waals surface area (Å²) < 4.78 is 13.7. The fourth-order valence-electron chi connectivity index (χ4n) is 0.919. The van der Waals surface area contributed by atoms with Gasteiger partial charge in [0.25, 0.3) is 0 Å². The second-order valence-corrected chi connectivity index (χ2v) is 3.39. The van der Waals surface area contributed by atoms with Crippen molar-refractivity contribution in [3.05, 3.63) is 40.0 Å². The van der Waals surface area contributed by atoms with E-state index in [-0.39, 0.29) is 12.4 Å². The van der Waals surface area contributed by atoms with Crippen molar-refractivity contribution in [2.75, 3.05) is 6.61 Å². The molecule has 1 aromatic carbocycles. The first-order valence-corrected chi connectivity index (χ1v) is 4.33. The molecule has 0 saturated heterocycles. The topological polar surface area (TPSA) is 20.2 Å². The number of benzene rings is 1. The van der Waals surface area contributed by atoms with Crippen molar-refractivity contribution in [2.45, 2.75) is 6.92 Å². The minimum Gasteiger partial charge on any atom is -0.395 e. The third-order valence-electron chi connectivity index (χ3n) is 1.65. The maximum Gasteiger partial charge on any atom is 0.141 e. The lowest BCUT2D eigenvalue weighted by atomic mass is 10.0. The summed E-state index contributed by atoms with van der Waals surface area (Å²) in [5, 5.41) is 8.78. The largest absolute Gasteiger partial charge is 0.395 e. The molecule has 1 aromatic rings. The highest BCUT2D eigenvalue weighted by Gasteiger charge is 2.11. The Kier molecular flexibility index (Phi) is 3.23. The van der Waals surface area contributed by atoms with Crippen molar-refractivity contribution in [3.8, 4) is 0 Å². The van der Waals surface area contributed by atoms with Crippen LogP contribution in [0, 0.1) is 11.7 Å². The van der Waals surface area contributed by atoms with Crippen LogP contribution in [-0.4, -0.2) is 11.7 Å². The molecule has 0 bridgehead atoms. The van der Waals surface area contributed by atoms with E-state index < -0.39 is 0 Å². The van der Waals surface area contributed by atoms with Crippen molar-refractivity contribution in [3.63, 3.8) is 0 Å². The number of aliphatic hydroxyl groups excluding tert-OH is 1. The van der Waals surface area contributed by atoms with Gasteiger partial charge in [0.05, 0.1) is 11.1 Å². The Morgan fingerprint density at radius 1 is 1.58 bits per heavy atom. The number of halogens is 2. The van der Waals surface area contributed by atoms with Gasteiger partial charge in [0.1, 0.15) is 5.82 Å². The maximum atomic E-state index is 13.3. The van der Waals surface area contributed by atoms with E-state index in [1.54, 1.807) is 25.1 Å². The van der Waals surface area contributed by atoms with Crippen LogP contribution >= 0.6 is 15.9 Å². The van der Waals surface area contributed by atoms with E-state index in [2.05, 4.69) is 15.9 Å². The van der Waals surface area contributed by atoms with Crippen LogP contribution < -0.4 is 0 Å². The molecule has 0 spiro atoms. The van der Waals surface area contributed by atoms with Gasteiger partial charge in [0.2, 0.25) is 0 Å². The monoisotopic (exact) mass is 231 g/mol. The molecular formula is C9H9BrFO. The summed E-state index contributed by atoms with van der Waals surface area (Å²) in [6, 6.07) is 5.01. The minimum atomic E-state index is -0.316. The second-order valence-electron chi connectivity index (χ2n) is 2.54. The van der Waals surface area contributed by atoms with Gasteiger partial charge in [-0.3, -0.25) is 0 Å². The van der Waals surface area contributed by atoms with Gasteiger partial charge in [-0.15, -0.1) is 0 Å². The summed E-state index contributed by atoms with van der Waals surface area (Å²) in [4.78, 5) is 0. The average Bonchev–Trinajstić information content (AvgIpc) is 2.08. The van der Waals surface area contributed by atoms with Gasteiger partial charge in [-0.25, -0.2) is 4.39 Å². The Morgan fingerprint density at radius 2 is 2.25 bits per heavy atom. The number of hydrogen-bond acceptors (Lipinski definition) is 1.